The first kappa shape index (κ1) is 68.5. The van der Waals surface area contributed by atoms with Gasteiger partial charge >= 0.3 is 11.9 Å². The highest BCUT2D eigenvalue weighted by molar-refractivity contribution is 5.70. The molecular weight excluding hydrogens is 887 g/mol. The van der Waals surface area contributed by atoms with Crippen LogP contribution in [-0.2, 0) is 33.3 Å². The fourth-order valence-corrected chi connectivity index (χ4v) is 8.72. The van der Waals surface area contributed by atoms with Crippen molar-refractivity contribution in [1.29, 1.82) is 0 Å². The van der Waals surface area contributed by atoms with E-state index in [9.17, 15) is 19.5 Å². The molecule has 0 heterocycles. The number of hydrogen-bond acceptors (Lipinski definition) is 8. The average molecular weight is 1000 g/mol. The zero-order valence-corrected chi connectivity index (χ0v) is 47.4. The smallest absolute Gasteiger partial charge is 0.306 e. The standard InChI is InChI=1S/C62H115NO8/c1-6-8-10-12-14-16-18-20-22-24-25-26-27-28-29-30-31-32-33-34-35-37-39-41-43-45-47-49-51-53-60(65)71-58(57-70-62(61(66)67)68-55-54-63(3,4)5)56-69-59(64)52-50-48-46-44-42-40-38-36-23-21-19-17-15-13-11-9-7-2/h18,20,24-25,27-28,58,62H,6-17,19,21-23,26,29-57H2,1-5H3/b20-18-,25-24-,28-27-. The third-order valence-corrected chi connectivity index (χ3v) is 13.4. The van der Waals surface area contributed by atoms with Crippen LogP contribution in [0.1, 0.15) is 284 Å². The minimum Gasteiger partial charge on any atom is -0.545 e. The van der Waals surface area contributed by atoms with E-state index in [4.69, 9.17) is 18.9 Å². The minimum absolute atomic E-state index is 0.150. The zero-order chi connectivity index (χ0) is 52.0. The van der Waals surface area contributed by atoms with Crippen molar-refractivity contribution in [3.05, 3.63) is 36.5 Å². The van der Waals surface area contributed by atoms with Crippen molar-refractivity contribution in [1.82, 2.24) is 0 Å². The topological polar surface area (TPSA) is 111 Å². The molecule has 0 N–H and O–H groups in total. The highest BCUT2D eigenvalue weighted by atomic mass is 16.7. The predicted octanol–water partition coefficient (Wildman–Crippen LogP) is 16.3. The number of carbonyl (C=O) groups excluding carboxylic acids is 3. The Labute approximate surface area is 439 Å². The van der Waals surface area contributed by atoms with E-state index in [0.29, 0.717) is 23.9 Å². The predicted molar refractivity (Wildman–Crippen MR) is 297 cm³/mol. The van der Waals surface area contributed by atoms with E-state index in [-0.39, 0.29) is 32.2 Å². The van der Waals surface area contributed by atoms with Crippen LogP contribution in [0.15, 0.2) is 36.5 Å². The quantitative estimate of drug-likeness (QED) is 0.0195. The summed E-state index contributed by atoms with van der Waals surface area (Å²) < 4.78 is 22.7. The third-order valence-electron chi connectivity index (χ3n) is 13.4. The first-order valence-electron chi connectivity index (χ1n) is 30.1. The maximum Gasteiger partial charge on any atom is 0.306 e. The third kappa shape index (κ3) is 55.1. The van der Waals surface area contributed by atoms with Gasteiger partial charge in [-0.2, -0.15) is 0 Å². The number of esters is 2. The van der Waals surface area contributed by atoms with Gasteiger partial charge in [-0.3, -0.25) is 9.59 Å². The fraction of sp³-hybridized carbons (Fsp3) is 0.855. The van der Waals surface area contributed by atoms with Gasteiger partial charge in [-0.1, -0.05) is 256 Å². The number of allylic oxidation sites excluding steroid dienone is 6. The van der Waals surface area contributed by atoms with Gasteiger partial charge in [0, 0.05) is 12.8 Å². The highest BCUT2D eigenvalue weighted by Gasteiger charge is 2.22. The first-order valence-corrected chi connectivity index (χ1v) is 30.1. The Morgan fingerprint density at radius 2 is 0.761 bits per heavy atom. The van der Waals surface area contributed by atoms with Crippen LogP contribution in [0.4, 0.5) is 0 Å². The second-order valence-electron chi connectivity index (χ2n) is 21.6. The van der Waals surface area contributed by atoms with Crippen LogP contribution in [0.25, 0.3) is 0 Å². The lowest BCUT2D eigenvalue weighted by molar-refractivity contribution is -0.870. The molecule has 0 radical (unpaired) electrons. The number of hydrogen-bond donors (Lipinski definition) is 0. The van der Waals surface area contributed by atoms with Crippen LogP contribution in [0, 0.1) is 0 Å². The Bertz CT molecular complexity index is 1260. The number of carbonyl (C=O) groups is 3. The first-order chi connectivity index (χ1) is 34.6. The number of rotatable bonds is 56. The van der Waals surface area contributed by atoms with Gasteiger partial charge in [0.25, 0.3) is 0 Å². The van der Waals surface area contributed by atoms with E-state index in [1.165, 1.54) is 205 Å². The number of nitrogens with zero attached hydrogens (tertiary/aromatic N) is 1. The average Bonchev–Trinajstić information content (AvgIpc) is 3.34. The van der Waals surface area contributed by atoms with Crippen molar-refractivity contribution in [2.24, 2.45) is 0 Å². The Morgan fingerprint density at radius 1 is 0.423 bits per heavy atom. The normalized spacial score (nSPS) is 13.0. The van der Waals surface area contributed by atoms with Gasteiger partial charge in [0.1, 0.15) is 13.2 Å². The van der Waals surface area contributed by atoms with Crippen LogP contribution in [0.5, 0.6) is 0 Å². The number of carboxylic acid groups (broad SMARTS) is 1. The Balaban J connectivity index is 4.16. The summed E-state index contributed by atoms with van der Waals surface area (Å²) in [5.41, 5.74) is 0. The Morgan fingerprint density at radius 3 is 1.13 bits per heavy atom. The molecule has 0 bridgehead atoms. The maximum absolute atomic E-state index is 12.9. The van der Waals surface area contributed by atoms with Gasteiger partial charge in [-0.25, -0.2) is 0 Å². The Kier molecular flexibility index (Phi) is 51.9. The van der Waals surface area contributed by atoms with E-state index in [0.717, 1.165) is 44.9 Å². The molecule has 0 rings (SSSR count). The van der Waals surface area contributed by atoms with Gasteiger partial charge < -0.3 is 33.3 Å². The molecule has 9 nitrogen and oxygen atoms in total. The minimum atomic E-state index is -1.62. The lowest BCUT2D eigenvalue weighted by atomic mass is 10.0. The van der Waals surface area contributed by atoms with Crippen molar-refractivity contribution in [2.75, 3.05) is 47.5 Å². The summed E-state index contributed by atoms with van der Waals surface area (Å²) in [7, 11) is 5.93. The van der Waals surface area contributed by atoms with Gasteiger partial charge in [-0.15, -0.1) is 0 Å². The lowest BCUT2D eigenvalue weighted by Crippen LogP contribution is -2.44. The van der Waals surface area contributed by atoms with Gasteiger partial charge in [0.2, 0.25) is 0 Å². The number of quaternary nitrogens is 1. The largest absolute Gasteiger partial charge is 0.545 e. The second kappa shape index (κ2) is 53.8. The zero-order valence-electron chi connectivity index (χ0n) is 47.4. The molecule has 2 atom stereocenters. The highest BCUT2D eigenvalue weighted by Crippen LogP contribution is 2.17. The lowest BCUT2D eigenvalue weighted by Gasteiger charge is -2.26. The second-order valence-corrected chi connectivity index (χ2v) is 21.6. The van der Waals surface area contributed by atoms with Crippen LogP contribution in [0.3, 0.4) is 0 Å². The monoisotopic (exact) mass is 1000 g/mol. The van der Waals surface area contributed by atoms with E-state index < -0.39 is 24.3 Å². The molecule has 0 aliphatic heterocycles. The fourth-order valence-electron chi connectivity index (χ4n) is 8.72. The van der Waals surface area contributed by atoms with Crippen LogP contribution in [0.2, 0.25) is 0 Å². The molecule has 9 heteroatoms. The summed E-state index contributed by atoms with van der Waals surface area (Å²) in [5, 5.41) is 11.8. The molecular formula is C62H115NO8. The molecule has 0 spiro atoms. The molecule has 0 aromatic rings. The van der Waals surface area contributed by atoms with Crippen molar-refractivity contribution in [3.8, 4) is 0 Å². The molecule has 0 aromatic heterocycles. The van der Waals surface area contributed by atoms with Crippen molar-refractivity contribution in [3.63, 3.8) is 0 Å². The van der Waals surface area contributed by atoms with Gasteiger partial charge in [0.05, 0.1) is 40.3 Å². The number of unbranched alkanes of at least 4 members (excludes halogenated alkanes) is 35. The summed E-state index contributed by atoms with van der Waals surface area (Å²) in [6.07, 6.45) is 61.9. The summed E-state index contributed by atoms with van der Waals surface area (Å²) in [6, 6.07) is 0. The van der Waals surface area contributed by atoms with Crippen molar-refractivity contribution in [2.45, 2.75) is 296 Å². The summed E-state index contributed by atoms with van der Waals surface area (Å²) in [5.74, 6) is -2.26. The molecule has 416 valence electrons. The number of carboxylic acids is 1. The number of aliphatic carboxylic acids is 1. The van der Waals surface area contributed by atoms with Crippen LogP contribution >= 0.6 is 0 Å². The summed E-state index contributed by atoms with van der Waals surface area (Å²) in [6.45, 7) is 4.78. The van der Waals surface area contributed by atoms with E-state index >= 15 is 0 Å². The maximum atomic E-state index is 12.9. The van der Waals surface area contributed by atoms with Gasteiger partial charge in [-0.05, 0) is 51.4 Å². The Hall–Kier alpha value is -2.49. The van der Waals surface area contributed by atoms with Crippen molar-refractivity contribution >= 4 is 17.9 Å². The molecule has 0 fully saturated rings. The number of ether oxygens (including phenoxy) is 4. The molecule has 0 aliphatic carbocycles. The number of likely N-dealkylation sites (N-methyl/N-ethyl adjacent to an activating group) is 1. The molecule has 2 unspecified atom stereocenters. The van der Waals surface area contributed by atoms with E-state index in [1.807, 2.05) is 21.1 Å². The van der Waals surface area contributed by atoms with Crippen molar-refractivity contribution < 1.29 is 42.9 Å². The summed E-state index contributed by atoms with van der Waals surface area (Å²) >= 11 is 0. The molecule has 0 saturated carbocycles. The summed E-state index contributed by atoms with van der Waals surface area (Å²) in [4.78, 5) is 37.3. The SMILES string of the molecule is CCCCCCC/C=C\C/C=C\C/C=C\CCCCCCCCCCCCCCCCC(=O)OC(COC(=O)CCCCCCCCCCCCCCCCCCC)COC(OCC[N+](C)(C)C)C(=O)[O-]. The van der Waals surface area contributed by atoms with E-state index in [1.54, 1.807) is 0 Å². The van der Waals surface area contributed by atoms with Crippen LogP contribution < -0.4 is 5.11 Å². The van der Waals surface area contributed by atoms with E-state index in [2.05, 4.69) is 50.3 Å². The molecule has 0 amide bonds. The molecule has 0 saturated heterocycles. The molecule has 0 aromatic carbocycles. The van der Waals surface area contributed by atoms with Gasteiger partial charge in [0.15, 0.2) is 12.4 Å². The molecule has 71 heavy (non-hydrogen) atoms. The van der Waals surface area contributed by atoms with Crippen LogP contribution in [-0.4, -0.2) is 82.3 Å². The molecule has 0 aliphatic rings.